The number of hydrogen-bond donors (Lipinski definition) is 1. The van der Waals surface area contributed by atoms with Crippen LogP contribution in [0.2, 0.25) is 0 Å². The quantitative estimate of drug-likeness (QED) is 0.356. The molecule has 5 nitrogen and oxygen atoms in total. The summed E-state index contributed by atoms with van der Waals surface area (Å²) in [7, 11) is 0. The molecule has 1 saturated heterocycles. The van der Waals surface area contributed by atoms with Gasteiger partial charge >= 0.3 is 0 Å². The summed E-state index contributed by atoms with van der Waals surface area (Å²) in [6, 6.07) is 1.91. The molecule has 2 atom stereocenters. The summed E-state index contributed by atoms with van der Waals surface area (Å²) in [6.45, 7) is 5.38. The summed E-state index contributed by atoms with van der Waals surface area (Å²) in [5, 5.41) is 11.8. The minimum absolute atomic E-state index is 0.00607. The summed E-state index contributed by atoms with van der Waals surface area (Å²) in [5.74, 6) is 0.163. The summed E-state index contributed by atoms with van der Waals surface area (Å²) in [4.78, 5) is 13.8. The van der Waals surface area contributed by atoms with E-state index in [-0.39, 0.29) is 23.7 Å². The highest BCUT2D eigenvalue weighted by Gasteiger charge is 2.27. The summed E-state index contributed by atoms with van der Waals surface area (Å²) in [5.41, 5.74) is 0.0985. The molecule has 1 aliphatic rings. The lowest BCUT2D eigenvalue weighted by atomic mass is 10.2. The van der Waals surface area contributed by atoms with Crippen molar-refractivity contribution < 1.29 is 9.53 Å². The number of nitrogens with one attached hydrogen (secondary N) is 1. The summed E-state index contributed by atoms with van der Waals surface area (Å²) >= 11 is 5.51. The van der Waals surface area contributed by atoms with Gasteiger partial charge in [-0.2, -0.15) is 5.26 Å². The first-order valence-corrected chi connectivity index (χ1v) is 6.46. The molecule has 1 amide bonds. The van der Waals surface area contributed by atoms with Crippen molar-refractivity contribution in [2.24, 2.45) is 0 Å². The largest absolute Gasteiger partial charge is 0.388 e. The summed E-state index contributed by atoms with van der Waals surface area (Å²) < 4.78 is 5.55. The first-order valence-electron chi connectivity index (χ1n) is 5.92. The van der Waals surface area contributed by atoms with Gasteiger partial charge < -0.3 is 15.0 Å². The minimum Gasteiger partial charge on any atom is -0.388 e. The number of hydrogen-bond acceptors (Lipinski definition) is 4. The Kier molecular flexibility index (Phi) is 5.96. The average molecular weight is 272 g/mol. The Labute approximate surface area is 112 Å². The lowest BCUT2D eigenvalue weighted by Crippen LogP contribution is -2.48. The number of halogens is 1. The van der Waals surface area contributed by atoms with E-state index < -0.39 is 0 Å². The molecule has 0 aromatic carbocycles. The Hall–Kier alpha value is -1.25. The Morgan fingerprint density at radius 2 is 2.17 bits per heavy atom. The van der Waals surface area contributed by atoms with Crippen molar-refractivity contribution in [2.45, 2.75) is 26.1 Å². The van der Waals surface area contributed by atoms with Gasteiger partial charge in [0.05, 0.1) is 12.2 Å². The predicted octanol–water partition coefficient (Wildman–Crippen LogP) is 0.858. The standard InChI is InChI=1S/C12H18ClN3O2/c1-9-7-16(8-10(2)18-9)12(17)11(5-14)6-15-4-3-13/h6,9-10,15H,3-4,7-8H2,1-2H3/b11-6-. The predicted molar refractivity (Wildman–Crippen MR) is 69.0 cm³/mol. The SMILES string of the molecule is CC1CN(C(=O)/C(C#N)=C\NCCCl)CC(C)O1. The van der Waals surface area contributed by atoms with Crippen molar-refractivity contribution in [3.63, 3.8) is 0 Å². The van der Waals surface area contributed by atoms with Crippen LogP contribution in [0, 0.1) is 11.3 Å². The molecule has 18 heavy (non-hydrogen) atoms. The van der Waals surface area contributed by atoms with Gasteiger partial charge in [0, 0.05) is 31.7 Å². The number of amides is 1. The van der Waals surface area contributed by atoms with Crippen LogP contribution in [0.3, 0.4) is 0 Å². The molecule has 0 bridgehead atoms. The highest BCUT2D eigenvalue weighted by molar-refractivity contribution is 6.18. The van der Waals surface area contributed by atoms with Crippen LogP contribution in [0.4, 0.5) is 0 Å². The van der Waals surface area contributed by atoms with Crippen LogP contribution < -0.4 is 5.32 Å². The Morgan fingerprint density at radius 3 is 2.67 bits per heavy atom. The highest BCUT2D eigenvalue weighted by Crippen LogP contribution is 2.13. The third kappa shape index (κ3) is 4.21. The second-order valence-electron chi connectivity index (χ2n) is 4.28. The highest BCUT2D eigenvalue weighted by atomic mass is 35.5. The number of nitriles is 1. The molecule has 0 aliphatic carbocycles. The molecule has 0 aromatic heterocycles. The molecule has 0 saturated carbocycles. The van der Waals surface area contributed by atoms with Crippen molar-refractivity contribution in [2.75, 3.05) is 25.5 Å². The molecule has 1 N–H and O–H groups in total. The number of alkyl halides is 1. The van der Waals surface area contributed by atoms with Gasteiger partial charge in [-0.05, 0) is 13.8 Å². The van der Waals surface area contributed by atoms with E-state index in [1.807, 2.05) is 19.9 Å². The maximum atomic E-state index is 12.1. The van der Waals surface area contributed by atoms with Gasteiger partial charge in [-0.15, -0.1) is 11.6 Å². The second-order valence-corrected chi connectivity index (χ2v) is 4.66. The van der Waals surface area contributed by atoms with Gasteiger partial charge in [-0.1, -0.05) is 0 Å². The first kappa shape index (κ1) is 14.8. The monoisotopic (exact) mass is 271 g/mol. The van der Waals surface area contributed by atoms with E-state index in [1.54, 1.807) is 4.90 Å². The van der Waals surface area contributed by atoms with Crippen LogP contribution in [0.25, 0.3) is 0 Å². The van der Waals surface area contributed by atoms with Crippen molar-refractivity contribution in [1.82, 2.24) is 10.2 Å². The molecule has 0 radical (unpaired) electrons. The van der Waals surface area contributed by atoms with Crippen LogP contribution in [0.15, 0.2) is 11.8 Å². The first-order chi connectivity index (χ1) is 8.58. The fraction of sp³-hybridized carbons (Fsp3) is 0.667. The molecular weight excluding hydrogens is 254 g/mol. The van der Waals surface area contributed by atoms with Crippen molar-refractivity contribution >= 4 is 17.5 Å². The molecule has 1 fully saturated rings. The van der Waals surface area contributed by atoms with Crippen molar-refractivity contribution in [3.05, 3.63) is 11.8 Å². The Balaban J connectivity index is 2.66. The smallest absolute Gasteiger partial charge is 0.266 e. The van der Waals surface area contributed by atoms with E-state index in [0.29, 0.717) is 25.5 Å². The number of morpholine rings is 1. The molecule has 0 aromatic rings. The van der Waals surface area contributed by atoms with Crippen LogP contribution in [0.5, 0.6) is 0 Å². The van der Waals surface area contributed by atoms with Gasteiger partial charge in [0.2, 0.25) is 0 Å². The van der Waals surface area contributed by atoms with Gasteiger partial charge in [0.25, 0.3) is 5.91 Å². The van der Waals surface area contributed by atoms with E-state index in [2.05, 4.69) is 5.32 Å². The van der Waals surface area contributed by atoms with Gasteiger partial charge in [-0.25, -0.2) is 0 Å². The van der Waals surface area contributed by atoms with Gasteiger partial charge in [0.1, 0.15) is 11.6 Å². The van der Waals surface area contributed by atoms with Crippen LogP contribution >= 0.6 is 11.6 Å². The number of ether oxygens (including phenoxy) is 1. The van der Waals surface area contributed by atoms with Gasteiger partial charge in [0.15, 0.2) is 0 Å². The average Bonchev–Trinajstić information content (AvgIpc) is 2.33. The van der Waals surface area contributed by atoms with E-state index in [0.717, 1.165) is 0 Å². The molecule has 1 rings (SSSR count). The molecule has 6 heteroatoms. The van der Waals surface area contributed by atoms with E-state index in [9.17, 15) is 4.79 Å². The molecule has 1 heterocycles. The molecule has 2 unspecified atom stereocenters. The third-order valence-corrected chi connectivity index (χ3v) is 2.73. The maximum Gasteiger partial charge on any atom is 0.266 e. The topological polar surface area (TPSA) is 65.4 Å². The van der Waals surface area contributed by atoms with Gasteiger partial charge in [-0.3, -0.25) is 4.79 Å². The molecule has 100 valence electrons. The zero-order chi connectivity index (χ0) is 13.5. The summed E-state index contributed by atoms with van der Waals surface area (Å²) in [6.07, 6.45) is 1.41. The van der Waals surface area contributed by atoms with Crippen LogP contribution in [-0.4, -0.2) is 48.5 Å². The number of nitrogens with zero attached hydrogens (tertiary/aromatic N) is 2. The van der Waals surface area contributed by atoms with E-state index in [4.69, 9.17) is 21.6 Å². The van der Waals surface area contributed by atoms with E-state index in [1.165, 1.54) is 6.20 Å². The number of carbonyl (C=O) groups is 1. The van der Waals surface area contributed by atoms with Crippen molar-refractivity contribution in [3.8, 4) is 6.07 Å². The zero-order valence-electron chi connectivity index (χ0n) is 10.6. The van der Waals surface area contributed by atoms with Crippen LogP contribution in [-0.2, 0) is 9.53 Å². The fourth-order valence-corrected chi connectivity index (χ4v) is 1.99. The fourth-order valence-electron chi connectivity index (χ4n) is 1.88. The van der Waals surface area contributed by atoms with E-state index >= 15 is 0 Å². The van der Waals surface area contributed by atoms with Crippen molar-refractivity contribution in [1.29, 1.82) is 5.26 Å². The second kappa shape index (κ2) is 7.24. The Morgan fingerprint density at radius 1 is 1.56 bits per heavy atom. The zero-order valence-corrected chi connectivity index (χ0v) is 11.4. The lowest BCUT2D eigenvalue weighted by molar-refractivity contribution is -0.138. The number of rotatable bonds is 4. The van der Waals surface area contributed by atoms with Crippen LogP contribution in [0.1, 0.15) is 13.8 Å². The Bertz CT molecular complexity index is 355. The lowest BCUT2D eigenvalue weighted by Gasteiger charge is -2.35. The molecule has 0 spiro atoms. The normalized spacial score (nSPS) is 24.6. The minimum atomic E-state index is -0.262. The molecule has 1 aliphatic heterocycles. The third-order valence-electron chi connectivity index (χ3n) is 2.54. The molecular formula is C12H18ClN3O2. The maximum absolute atomic E-state index is 12.1. The number of carbonyl (C=O) groups excluding carboxylic acids is 1.